The Bertz CT molecular complexity index is 159. The molecule has 2 N–H and O–H groups in total. The Balaban J connectivity index is 2.42. The smallest absolute Gasteiger partial charge is 0.0743 e. The zero-order valence-electron chi connectivity index (χ0n) is 9.01. The maximum atomic E-state index is 9.93. The van der Waals surface area contributed by atoms with Crippen LogP contribution in [0.4, 0.5) is 0 Å². The summed E-state index contributed by atoms with van der Waals surface area (Å²) in [5, 5.41) is 13.3. The molecule has 0 aromatic carbocycles. The SMILES string of the molecule is CCC(C)(O)CN1CCNC[C@@H]1C. The van der Waals surface area contributed by atoms with Crippen LogP contribution in [-0.4, -0.2) is 47.8 Å². The molecular formula is C10H22N2O. The predicted octanol–water partition coefficient (Wildman–Crippen LogP) is 0.441. The second kappa shape index (κ2) is 4.40. The molecule has 0 radical (unpaired) electrons. The van der Waals surface area contributed by atoms with Crippen LogP contribution >= 0.6 is 0 Å². The molecule has 0 saturated carbocycles. The predicted molar refractivity (Wildman–Crippen MR) is 54.8 cm³/mol. The van der Waals surface area contributed by atoms with Gasteiger partial charge in [-0.15, -0.1) is 0 Å². The molecule has 1 fully saturated rings. The molecule has 1 heterocycles. The zero-order valence-corrected chi connectivity index (χ0v) is 9.01. The first kappa shape index (κ1) is 11.0. The van der Waals surface area contributed by atoms with Gasteiger partial charge in [0.25, 0.3) is 0 Å². The minimum atomic E-state index is -0.522. The molecule has 0 bridgehead atoms. The molecule has 13 heavy (non-hydrogen) atoms. The van der Waals surface area contributed by atoms with E-state index in [2.05, 4.69) is 17.1 Å². The highest BCUT2D eigenvalue weighted by molar-refractivity contribution is 4.82. The first-order valence-electron chi connectivity index (χ1n) is 5.22. The van der Waals surface area contributed by atoms with Gasteiger partial charge in [0.2, 0.25) is 0 Å². The Morgan fingerprint density at radius 3 is 2.85 bits per heavy atom. The molecule has 2 atom stereocenters. The summed E-state index contributed by atoms with van der Waals surface area (Å²) >= 11 is 0. The third-order valence-electron chi connectivity index (χ3n) is 2.94. The van der Waals surface area contributed by atoms with E-state index in [0.29, 0.717) is 6.04 Å². The van der Waals surface area contributed by atoms with E-state index in [4.69, 9.17) is 0 Å². The molecule has 3 heteroatoms. The molecule has 1 aliphatic rings. The van der Waals surface area contributed by atoms with Gasteiger partial charge in [-0.1, -0.05) is 6.92 Å². The molecule has 78 valence electrons. The molecule has 0 amide bonds. The van der Waals surface area contributed by atoms with Crippen molar-refractivity contribution in [2.45, 2.75) is 38.8 Å². The summed E-state index contributed by atoms with van der Waals surface area (Å²) in [6.07, 6.45) is 0.823. The summed E-state index contributed by atoms with van der Waals surface area (Å²) in [5.41, 5.74) is -0.522. The second-order valence-electron chi connectivity index (χ2n) is 4.37. The fourth-order valence-corrected chi connectivity index (χ4v) is 1.67. The molecule has 1 rings (SSSR count). The summed E-state index contributed by atoms with van der Waals surface area (Å²) in [6.45, 7) is 10.1. The number of piperazine rings is 1. The van der Waals surface area contributed by atoms with Gasteiger partial charge in [-0.25, -0.2) is 0 Å². The number of nitrogens with one attached hydrogen (secondary N) is 1. The number of β-amino-alcohol motifs (C(OH)–C–C–N with tert-alkyl or cyclic N) is 1. The summed E-state index contributed by atoms with van der Waals surface area (Å²) < 4.78 is 0. The Morgan fingerprint density at radius 1 is 1.62 bits per heavy atom. The number of aliphatic hydroxyl groups is 1. The second-order valence-corrected chi connectivity index (χ2v) is 4.37. The van der Waals surface area contributed by atoms with Gasteiger partial charge in [0.1, 0.15) is 0 Å². The van der Waals surface area contributed by atoms with Crippen molar-refractivity contribution in [3.8, 4) is 0 Å². The first-order chi connectivity index (χ1) is 6.05. The van der Waals surface area contributed by atoms with E-state index in [1.807, 2.05) is 13.8 Å². The molecule has 0 aliphatic carbocycles. The lowest BCUT2D eigenvalue weighted by molar-refractivity contribution is -0.0000267. The van der Waals surface area contributed by atoms with Gasteiger partial charge in [0.15, 0.2) is 0 Å². The quantitative estimate of drug-likeness (QED) is 0.671. The fourth-order valence-electron chi connectivity index (χ4n) is 1.67. The van der Waals surface area contributed by atoms with Crippen LogP contribution in [0.25, 0.3) is 0 Å². The van der Waals surface area contributed by atoms with E-state index in [1.54, 1.807) is 0 Å². The number of hydrogen-bond acceptors (Lipinski definition) is 3. The van der Waals surface area contributed by atoms with Crippen molar-refractivity contribution in [2.24, 2.45) is 0 Å². The van der Waals surface area contributed by atoms with Gasteiger partial charge < -0.3 is 10.4 Å². The van der Waals surface area contributed by atoms with Crippen LogP contribution in [0, 0.1) is 0 Å². The van der Waals surface area contributed by atoms with Crippen LogP contribution in [0.15, 0.2) is 0 Å². The van der Waals surface area contributed by atoms with Crippen LogP contribution in [0.1, 0.15) is 27.2 Å². The summed E-state index contributed by atoms with van der Waals surface area (Å²) in [7, 11) is 0. The molecule has 1 unspecified atom stereocenters. The Kier molecular flexibility index (Phi) is 3.71. The average Bonchev–Trinajstić information content (AvgIpc) is 2.09. The summed E-state index contributed by atoms with van der Waals surface area (Å²) in [4.78, 5) is 2.36. The molecule has 0 aromatic heterocycles. The van der Waals surface area contributed by atoms with Crippen molar-refractivity contribution in [2.75, 3.05) is 26.2 Å². The van der Waals surface area contributed by atoms with E-state index < -0.39 is 5.60 Å². The highest BCUT2D eigenvalue weighted by atomic mass is 16.3. The molecule has 1 aliphatic heterocycles. The minimum Gasteiger partial charge on any atom is -0.389 e. The van der Waals surface area contributed by atoms with Crippen molar-refractivity contribution in [1.82, 2.24) is 10.2 Å². The van der Waals surface area contributed by atoms with Gasteiger partial charge in [-0.2, -0.15) is 0 Å². The highest BCUT2D eigenvalue weighted by Crippen LogP contribution is 2.13. The highest BCUT2D eigenvalue weighted by Gasteiger charge is 2.26. The van der Waals surface area contributed by atoms with Gasteiger partial charge in [0, 0.05) is 32.2 Å². The van der Waals surface area contributed by atoms with Crippen molar-refractivity contribution in [1.29, 1.82) is 0 Å². The van der Waals surface area contributed by atoms with Crippen LogP contribution in [0.5, 0.6) is 0 Å². The topological polar surface area (TPSA) is 35.5 Å². The number of nitrogens with zero attached hydrogens (tertiary/aromatic N) is 1. The van der Waals surface area contributed by atoms with E-state index in [9.17, 15) is 5.11 Å². The lowest BCUT2D eigenvalue weighted by Gasteiger charge is -2.38. The number of rotatable bonds is 3. The normalized spacial score (nSPS) is 30.0. The van der Waals surface area contributed by atoms with Crippen LogP contribution < -0.4 is 5.32 Å². The largest absolute Gasteiger partial charge is 0.389 e. The van der Waals surface area contributed by atoms with E-state index in [1.165, 1.54) is 0 Å². The van der Waals surface area contributed by atoms with E-state index in [-0.39, 0.29) is 0 Å². The molecule has 1 saturated heterocycles. The van der Waals surface area contributed by atoms with E-state index >= 15 is 0 Å². The van der Waals surface area contributed by atoms with Crippen molar-refractivity contribution in [3.63, 3.8) is 0 Å². The van der Waals surface area contributed by atoms with Gasteiger partial charge in [0.05, 0.1) is 5.60 Å². The van der Waals surface area contributed by atoms with Crippen molar-refractivity contribution in [3.05, 3.63) is 0 Å². The average molecular weight is 186 g/mol. The van der Waals surface area contributed by atoms with Gasteiger partial charge in [-0.3, -0.25) is 4.90 Å². The number of hydrogen-bond donors (Lipinski definition) is 2. The maximum absolute atomic E-state index is 9.93. The van der Waals surface area contributed by atoms with Gasteiger partial charge in [-0.05, 0) is 20.3 Å². The third-order valence-corrected chi connectivity index (χ3v) is 2.94. The first-order valence-corrected chi connectivity index (χ1v) is 5.22. The third kappa shape index (κ3) is 3.25. The molecule has 0 spiro atoms. The van der Waals surface area contributed by atoms with Crippen LogP contribution in [-0.2, 0) is 0 Å². The zero-order chi connectivity index (χ0) is 9.90. The Labute approximate surface area is 81.1 Å². The summed E-state index contributed by atoms with van der Waals surface area (Å²) in [6, 6.07) is 0.548. The van der Waals surface area contributed by atoms with E-state index in [0.717, 1.165) is 32.6 Å². The Hall–Kier alpha value is -0.120. The lowest BCUT2D eigenvalue weighted by atomic mass is 10.0. The molecule has 3 nitrogen and oxygen atoms in total. The van der Waals surface area contributed by atoms with Crippen LogP contribution in [0.2, 0.25) is 0 Å². The maximum Gasteiger partial charge on any atom is 0.0743 e. The van der Waals surface area contributed by atoms with Crippen molar-refractivity contribution >= 4 is 0 Å². The monoisotopic (exact) mass is 186 g/mol. The van der Waals surface area contributed by atoms with Crippen molar-refractivity contribution < 1.29 is 5.11 Å². The minimum absolute atomic E-state index is 0.522. The summed E-state index contributed by atoms with van der Waals surface area (Å²) in [5.74, 6) is 0. The molecular weight excluding hydrogens is 164 g/mol. The molecule has 0 aromatic rings. The van der Waals surface area contributed by atoms with Crippen LogP contribution in [0.3, 0.4) is 0 Å². The Morgan fingerprint density at radius 2 is 2.31 bits per heavy atom. The van der Waals surface area contributed by atoms with Gasteiger partial charge >= 0.3 is 0 Å². The standard InChI is InChI=1S/C10H22N2O/c1-4-10(3,13)8-12-6-5-11-7-9(12)2/h9,11,13H,4-8H2,1-3H3/t9-,10?/m0/s1. The lowest BCUT2D eigenvalue weighted by Crippen LogP contribution is -2.54. The fraction of sp³-hybridized carbons (Fsp3) is 1.00.